The Bertz CT molecular complexity index is 232. The van der Waals surface area contributed by atoms with E-state index in [2.05, 4.69) is 17.6 Å². The molecule has 80 valence electrons. The van der Waals surface area contributed by atoms with Crippen LogP contribution in [-0.4, -0.2) is 36.2 Å². The molecule has 4 heteroatoms. The van der Waals surface area contributed by atoms with Gasteiger partial charge in [-0.3, -0.25) is 4.79 Å². The quantitative estimate of drug-likeness (QED) is 0.572. The zero-order chi connectivity index (χ0) is 10.1. The molecular formula is C10H18N2O2. The van der Waals surface area contributed by atoms with Crippen molar-refractivity contribution in [2.45, 2.75) is 31.8 Å². The van der Waals surface area contributed by atoms with Crippen LogP contribution >= 0.6 is 0 Å². The van der Waals surface area contributed by atoms with Gasteiger partial charge in [0.25, 0.3) is 0 Å². The summed E-state index contributed by atoms with van der Waals surface area (Å²) in [6.45, 7) is 3.14. The van der Waals surface area contributed by atoms with Crippen molar-refractivity contribution in [1.82, 2.24) is 10.6 Å². The molecule has 1 amide bonds. The molecule has 4 unspecified atom stereocenters. The third-order valence-corrected chi connectivity index (χ3v) is 3.30. The number of amides is 1. The van der Waals surface area contributed by atoms with E-state index < -0.39 is 0 Å². The van der Waals surface area contributed by atoms with E-state index >= 15 is 0 Å². The summed E-state index contributed by atoms with van der Waals surface area (Å²) in [4.78, 5) is 11.5. The van der Waals surface area contributed by atoms with Crippen molar-refractivity contribution in [2.75, 3.05) is 13.2 Å². The Labute approximate surface area is 84.1 Å². The summed E-state index contributed by atoms with van der Waals surface area (Å²) >= 11 is 0. The minimum atomic E-state index is -0.0506. The van der Waals surface area contributed by atoms with E-state index in [1.54, 1.807) is 0 Å². The molecule has 4 nitrogen and oxygen atoms in total. The predicted octanol–water partition coefficient (Wildman–Crippen LogP) is -0.519. The van der Waals surface area contributed by atoms with Crippen molar-refractivity contribution in [3.05, 3.63) is 0 Å². The highest BCUT2D eigenvalue weighted by molar-refractivity contribution is 5.82. The Morgan fingerprint density at radius 1 is 1.64 bits per heavy atom. The van der Waals surface area contributed by atoms with Crippen LogP contribution in [0.4, 0.5) is 0 Å². The lowest BCUT2D eigenvalue weighted by Gasteiger charge is -2.29. The van der Waals surface area contributed by atoms with E-state index in [4.69, 9.17) is 5.11 Å². The Morgan fingerprint density at radius 3 is 3.00 bits per heavy atom. The Morgan fingerprint density at radius 2 is 2.43 bits per heavy atom. The van der Waals surface area contributed by atoms with E-state index in [9.17, 15) is 4.79 Å². The van der Waals surface area contributed by atoms with Gasteiger partial charge in [0, 0.05) is 19.2 Å². The van der Waals surface area contributed by atoms with Gasteiger partial charge in [0.05, 0.1) is 6.04 Å². The van der Waals surface area contributed by atoms with Crippen LogP contribution in [0.15, 0.2) is 0 Å². The fraction of sp³-hybridized carbons (Fsp3) is 0.900. The molecule has 3 N–H and O–H groups in total. The second kappa shape index (κ2) is 3.87. The molecule has 0 spiro atoms. The lowest BCUT2D eigenvalue weighted by molar-refractivity contribution is -0.126. The molecular weight excluding hydrogens is 180 g/mol. The largest absolute Gasteiger partial charge is 0.396 e. The third kappa shape index (κ3) is 1.91. The molecule has 1 saturated heterocycles. The van der Waals surface area contributed by atoms with E-state index in [0.29, 0.717) is 17.9 Å². The monoisotopic (exact) mass is 198 g/mol. The maximum Gasteiger partial charge on any atom is 0.237 e. The maximum atomic E-state index is 11.5. The Balaban J connectivity index is 1.86. The summed E-state index contributed by atoms with van der Waals surface area (Å²) in [7, 11) is 0. The normalized spacial score (nSPS) is 42.0. The first-order valence-electron chi connectivity index (χ1n) is 5.37. The summed E-state index contributed by atoms with van der Waals surface area (Å²) < 4.78 is 0. The first-order chi connectivity index (χ1) is 6.72. The summed E-state index contributed by atoms with van der Waals surface area (Å²) in [6.07, 6.45) is 2.05. The molecule has 0 aromatic carbocycles. The highest BCUT2D eigenvalue weighted by atomic mass is 16.3. The van der Waals surface area contributed by atoms with Gasteiger partial charge in [0.2, 0.25) is 5.91 Å². The van der Waals surface area contributed by atoms with Gasteiger partial charge in [0.15, 0.2) is 0 Å². The number of hydrogen-bond acceptors (Lipinski definition) is 3. The second-order valence-electron chi connectivity index (χ2n) is 4.49. The van der Waals surface area contributed by atoms with Crippen LogP contribution in [0.5, 0.6) is 0 Å². The van der Waals surface area contributed by atoms with Crippen molar-refractivity contribution < 1.29 is 9.90 Å². The summed E-state index contributed by atoms with van der Waals surface area (Å²) in [5.41, 5.74) is 0. The molecule has 1 aliphatic carbocycles. The van der Waals surface area contributed by atoms with Crippen LogP contribution in [0.2, 0.25) is 0 Å². The minimum Gasteiger partial charge on any atom is -0.396 e. The molecule has 0 aromatic rings. The smallest absolute Gasteiger partial charge is 0.237 e. The standard InChI is InChI=1S/C10H18N2O2/c1-6-2-3-11-10(14)9(6)12-8-4-7(8)5-13/h6-9,12-13H,2-5H2,1H3,(H,11,14). The van der Waals surface area contributed by atoms with E-state index in [-0.39, 0.29) is 18.6 Å². The van der Waals surface area contributed by atoms with Crippen LogP contribution in [0, 0.1) is 11.8 Å². The predicted molar refractivity (Wildman–Crippen MR) is 52.7 cm³/mol. The maximum absolute atomic E-state index is 11.5. The zero-order valence-electron chi connectivity index (χ0n) is 8.49. The fourth-order valence-electron chi connectivity index (χ4n) is 2.08. The molecule has 2 aliphatic rings. The number of carbonyl (C=O) groups is 1. The molecule has 2 rings (SSSR count). The summed E-state index contributed by atoms with van der Waals surface area (Å²) in [6, 6.07) is 0.307. The molecule has 1 heterocycles. The molecule has 1 aliphatic heterocycles. The second-order valence-corrected chi connectivity index (χ2v) is 4.49. The number of rotatable bonds is 3. The highest BCUT2D eigenvalue weighted by Crippen LogP contribution is 2.31. The Hall–Kier alpha value is -0.610. The summed E-state index contributed by atoms with van der Waals surface area (Å²) in [5, 5.41) is 15.1. The van der Waals surface area contributed by atoms with Crippen LogP contribution < -0.4 is 10.6 Å². The minimum absolute atomic E-state index is 0.0506. The lowest BCUT2D eigenvalue weighted by atomic mass is 9.94. The highest BCUT2D eigenvalue weighted by Gasteiger charge is 2.40. The summed E-state index contributed by atoms with van der Waals surface area (Å²) in [5.74, 6) is 0.896. The van der Waals surface area contributed by atoms with Crippen LogP contribution in [0.1, 0.15) is 19.8 Å². The van der Waals surface area contributed by atoms with Gasteiger partial charge in [-0.15, -0.1) is 0 Å². The van der Waals surface area contributed by atoms with Crippen molar-refractivity contribution in [3.8, 4) is 0 Å². The van der Waals surface area contributed by atoms with Crippen molar-refractivity contribution in [2.24, 2.45) is 11.8 Å². The van der Waals surface area contributed by atoms with Crippen LogP contribution in [0.3, 0.4) is 0 Å². The van der Waals surface area contributed by atoms with E-state index in [0.717, 1.165) is 19.4 Å². The molecule has 0 radical (unpaired) electrons. The lowest BCUT2D eigenvalue weighted by Crippen LogP contribution is -2.53. The van der Waals surface area contributed by atoms with Gasteiger partial charge in [-0.05, 0) is 24.7 Å². The van der Waals surface area contributed by atoms with Crippen LogP contribution in [0.25, 0.3) is 0 Å². The van der Waals surface area contributed by atoms with Gasteiger partial charge in [0.1, 0.15) is 0 Å². The average Bonchev–Trinajstić information content (AvgIpc) is 2.90. The number of piperidine rings is 1. The van der Waals surface area contributed by atoms with E-state index in [1.165, 1.54) is 0 Å². The number of carbonyl (C=O) groups excluding carboxylic acids is 1. The van der Waals surface area contributed by atoms with E-state index in [1.807, 2.05) is 0 Å². The van der Waals surface area contributed by atoms with Gasteiger partial charge >= 0.3 is 0 Å². The third-order valence-electron chi connectivity index (χ3n) is 3.30. The molecule has 2 fully saturated rings. The molecule has 4 atom stereocenters. The number of hydrogen-bond donors (Lipinski definition) is 3. The number of nitrogens with one attached hydrogen (secondary N) is 2. The molecule has 0 bridgehead atoms. The SMILES string of the molecule is CC1CCNC(=O)C1NC1CC1CO. The molecule has 0 aromatic heterocycles. The average molecular weight is 198 g/mol. The van der Waals surface area contributed by atoms with Crippen molar-refractivity contribution in [1.29, 1.82) is 0 Å². The zero-order valence-corrected chi connectivity index (χ0v) is 8.49. The van der Waals surface area contributed by atoms with Crippen molar-refractivity contribution >= 4 is 5.91 Å². The van der Waals surface area contributed by atoms with Gasteiger partial charge in [-0.1, -0.05) is 6.92 Å². The van der Waals surface area contributed by atoms with Crippen LogP contribution in [-0.2, 0) is 4.79 Å². The first kappa shape index (κ1) is 9.93. The molecule has 14 heavy (non-hydrogen) atoms. The molecule has 1 saturated carbocycles. The first-order valence-corrected chi connectivity index (χ1v) is 5.37. The van der Waals surface area contributed by atoms with Gasteiger partial charge in [-0.2, -0.15) is 0 Å². The topological polar surface area (TPSA) is 61.4 Å². The van der Waals surface area contributed by atoms with Crippen molar-refractivity contribution in [3.63, 3.8) is 0 Å². The Kier molecular flexibility index (Phi) is 2.74. The number of aliphatic hydroxyl groups is 1. The van der Waals surface area contributed by atoms with Gasteiger partial charge in [-0.25, -0.2) is 0 Å². The fourth-order valence-corrected chi connectivity index (χ4v) is 2.08. The van der Waals surface area contributed by atoms with Gasteiger partial charge < -0.3 is 15.7 Å². The number of aliphatic hydroxyl groups excluding tert-OH is 1.